The monoisotopic (exact) mass is 390 g/mol. The first-order valence-corrected chi connectivity index (χ1v) is 10.0. The van der Waals surface area contributed by atoms with Crippen LogP contribution in [0.5, 0.6) is 0 Å². The third-order valence-corrected chi connectivity index (χ3v) is 6.33. The molecule has 0 bridgehead atoms. The van der Waals surface area contributed by atoms with Gasteiger partial charge in [-0.25, -0.2) is 13.4 Å². The van der Waals surface area contributed by atoms with Crippen LogP contribution in [0.25, 0.3) is 22.1 Å². The van der Waals surface area contributed by atoms with Gasteiger partial charge in [0, 0.05) is 25.5 Å². The Kier molecular flexibility index (Phi) is 5.41. The van der Waals surface area contributed by atoms with Crippen LogP contribution in [0.1, 0.15) is 25.2 Å². The predicted octanol–water partition coefficient (Wildman–Crippen LogP) is 3.73. The number of rotatable bonds is 6. The number of imidazole rings is 1. The Bertz CT molecular complexity index is 1040. The van der Waals surface area contributed by atoms with E-state index in [1.165, 1.54) is 4.31 Å². The van der Waals surface area contributed by atoms with Gasteiger partial charge in [0.1, 0.15) is 5.82 Å². The first kappa shape index (κ1) is 18.6. The van der Waals surface area contributed by atoms with Crippen molar-refractivity contribution in [3.05, 3.63) is 54.1 Å². The lowest BCUT2D eigenvalue weighted by atomic mass is 10.2. The van der Waals surface area contributed by atoms with Crippen molar-refractivity contribution >= 4 is 43.8 Å². The highest BCUT2D eigenvalue weighted by molar-refractivity contribution is 7.89. The fraction of sp³-hybridized carbons (Fsp3) is 0.222. The highest BCUT2D eigenvalue weighted by atomic mass is 35.5. The second-order valence-electron chi connectivity index (χ2n) is 5.63. The second-order valence-corrected chi connectivity index (χ2v) is 7.98. The van der Waals surface area contributed by atoms with E-state index < -0.39 is 10.0 Å². The summed E-state index contributed by atoms with van der Waals surface area (Å²) in [6.45, 7) is 4.48. The molecule has 0 aliphatic carbocycles. The minimum Gasteiger partial charge on any atom is -0.337 e. The molecule has 0 unspecified atom stereocenters. The molecule has 0 aliphatic rings. The Morgan fingerprint density at radius 3 is 2.69 bits per heavy atom. The van der Waals surface area contributed by atoms with Gasteiger partial charge in [-0.15, -0.1) is 0 Å². The number of benzene rings is 1. The van der Waals surface area contributed by atoms with E-state index in [1.807, 2.05) is 26.0 Å². The molecule has 0 atom stereocenters. The Balaban J connectivity index is 1.99. The number of hydrogen-bond acceptors (Lipinski definition) is 4. The van der Waals surface area contributed by atoms with E-state index in [4.69, 9.17) is 11.6 Å². The molecular formula is C18H19ClN4O2S. The molecule has 26 heavy (non-hydrogen) atoms. The fourth-order valence-electron chi connectivity index (χ4n) is 2.65. The standard InChI is InChI=1S/C18H19ClN4O2S/c1-3-23(4-2)26(24,25)14-7-8-16-17(11-14)22-18(21-16)15(19)10-13-6-5-9-20-12-13/h5-12H,3-4H2,1-2H3,(H,21,22)/b15-10-. The minimum absolute atomic E-state index is 0.233. The molecule has 6 nitrogen and oxygen atoms in total. The molecular weight excluding hydrogens is 372 g/mol. The molecule has 0 aliphatic heterocycles. The van der Waals surface area contributed by atoms with Crippen molar-refractivity contribution < 1.29 is 8.42 Å². The maximum atomic E-state index is 12.7. The average molecular weight is 391 g/mol. The Morgan fingerprint density at radius 1 is 1.27 bits per heavy atom. The summed E-state index contributed by atoms with van der Waals surface area (Å²) in [5, 5.41) is 0.419. The summed E-state index contributed by atoms with van der Waals surface area (Å²) >= 11 is 6.35. The van der Waals surface area contributed by atoms with Crippen molar-refractivity contribution in [3.63, 3.8) is 0 Å². The smallest absolute Gasteiger partial charge is 0.243 e. The van der Waals surface area contributed by atoms with Gasteiger partial charge < -0.3 is 4.98 Å². The summed E-state index contributed by atoms with van der Waals surface area (Å²) in [5.41, 5.74) is 2.12. The molecule has 0 saturated carbocycles. The number of fused-ring (bicyclic) bond motifs is 1. The molecule has 0 radical (unpaired) electrons. The van der Waals surface area contributed by atoms with Crippen molar-refractivity contribution in [2.45, 2.75) is 18.7 Å². The van der Waals surface area contributed by atoms with Crippen LogP contribution in [0.3, 0.4) is 0 Å². The first-order valence-electron chi connectivity index (χ1n) is 8.23. The quantitative estimate of drug-likeness (QED) is 0.695. The molecule has 1 N–H and O–H groups in total. The number of hydrogen-bond donors (Lipinski definition) is 1. The van der Waals surface area contributed by atoms with E-state index in [9.17, 15) is 8.42 Å². The van der Waals surface area contributed by atoms with Crippen LogP contribution < -0.4 is 0 Å². The van der Waals surface area contributed by atoms with E-state index in [0.29, 0.717) is 35.0 Å². The summed E-state index contributed by atoms with van der Waals surface area (Å²) in [7, 11) is -3.52. The predicted molar refractivity (Wildman–Crippen MR) is 104 cm³/mol. The van der Waals surface area contributed by atoms with Crippen LogP contribution in [-0.4, -0.2) is 40.8 Å². The molecule has 136 valence electrons. The van der Waals surface area contributed by atoms with E-state index in [-0.39, 0.29) is 4.90 Å². The van der Waals surface area contributed by atoms with E-state index in [0.717, 1.165) is 5.56 Å². The summed E-state index contributed by atoms with van der Waals surface area (Å²) in [6, 6.07) is 8.54. The van der Waals surface area contributed by atoms with Crippen LogP contribution >= 0.6 is 11.6 Å². The molecule has 0 fully saturated rings. The SMILES string of the molecule is CCN(CC)S(=O)(=O)c1ccc2nc(/C(Cl)=C/c3cccnc3)[nH]c2c1. The number of aromatic amines is 1. The third-order valence-electron chi connectivity index (χ3n) is 4.00. The maximum Gasteiger partial charge on any atom is 0.243 e. The Morgan fingerprint density at radius 2 is 2.04 bits per heavy atom. The van der Waals surface area contributed by atoms with Crippen LogP contribution in [0, 0.1) is 0 Å². The highest BCUT2D eigenvalue weighted by Crippen LogP contribution is 2.25. The summed E-state index contributed by atoms with van der Waals surface area (Å²) in [4.78, 5) is 11.8. The lowest BCUT2D eigenvalue weighted by Crippen LogP contribution is -2.30. The van der Waals surface area contributed by atoms with Crippen molar-refractivity contribution in [2.24, 2.45) is 0 Å². The minimum atomic E-state index is -3.52. The zero-order valence-corrected chi connectivity index (χ0v) is 16.0. The summed E-state index contributed by atoms with van der Waals surface area (Å²) < 4.78 is 26.8. The number of halogens is 1. The van der Waals surface area contributed by atoms with Gasteiger partial charge in [0.15, 0.2) is 0 Å². The molecule has 3 aromatic rings. The topological polar surface area (TPSA) is 79.0 Å². The zero-order chi connectivity index (χ0) is 18.7. The number of aromatic nitrogens is 3. The van der Waals surface area contributed by atoms with E-state index in [1.54, 1.807) is 36.7 Å². The normalized spacial score (nSPS) is 12.8. The summed E-state index contributed by atoms with van der Waals surface area (Å²) in [6.07, 6.45) is 5.13. The van der Waals surface area contributed by atoms with Crippen LogP contribution in [0.2, 0.25) is 0 Å². The average Bonchev–Trinajstić information content (AvgIpc) is 3.07. The molecule has 0 spiro atoms. The second kappa shape index (κ2) is 7.57. The van der Waals surface area contributed by atoms with Crippen LogP contribution in [0.4, 0.5) is 0 Å². The molecule has 0 amide bonds. The highest BCUT2D eigenvalue weighted by Gasteiger charge is 2.22. The number of sulfonamides is 1. The molecule has 8 heteroatoms. The zero-order valence-electron chi connectivity index (χ0n) is 14.5. The van der Waals surface area contributed by atoms with Gasteiger partial charge in [0.2, 0.25) is 10.0 Å². The molecule has 2 heterocycles. The van der Waals surface area contributed by atoms with Gasteiger partial charge >= 0.3 is 0 Å². The van der Waals surface area contributed by atoms with Crippen LogP contribution in [-0.2, 0) is 10.0 Å². The lowest BCUT2D eigenvalue weighted by Gasteiger charge is -2.18. The molecule has 3 rings (SSSR count). The van der Waals surface area contributed by atoms with Gasteiger partial charge in [-0.05, 0) is 35.9 Å². The maximum absolute atomic E-state index is 12.7. The first-order chi connectivity index (χ1) is 12.5. The fourth-order valence-corrected chi connectivity index (χ4v) is 4.35. The van der Waals surface area contributed by atoms with Gasteiger partial charge in [-0.3, -0.25) is 4.98 Å². The third kappa shape index (κ3) is 3.65. The van der Waals surface area contributed by atoms with E-state index >= 15 is 0 Å². The van der Waals surface area contributed by atoms with Crippen LogP contribution in [0.15, 0.2) is 47.6 Å². The number of nitrogens with one attached hydrogen (secondary N) is 1. The van der Waals surface area contributed by atoms with Crippen molar-refractivity contribution in [3.8, 4) is 0 Å². The summed E-state index contributed by atoms with van der Waals surface area (Å²) in [5.74, 6) is 0.475. The molecule has 2 aromatic heterocycles. The molecule has 0 saturated heterocycles. The van der Waals surface area contributed by atoms with Gasteiger partial charge in [0.25, 0.3) is 0 Å². The number of pyridine rings is 1. The lowest BCUT2D eigenvalue weighted by molar-refractivity contribution is 0.445. The largest absolute Gasteiger partial charge is 0.337 e. The Hall–Kier alpha value is -2.22. The number of H-pyrrole nitrogens is 1. The van der Waals surface area contributed by atoms with E-state index in [2.05, 4.69) is 15.0 Å². The van der Waals surface area contributed by atoms with Crippen molar-refractivity contribution in [1.29, 1.82) is 0 Å². The van der Waals surface area contributed by atoms with Gasteiger partial charge in [-0.2, -0.15) is 4.31 Å². The van der Waals surface area contributed by atoms with Gasteiger partial charge in [-0.1, -0.05) is 31.5 Å². The molecule has 1 aromatic carbocycles. The number of nitrogens with zero attached hydrogens (tertiary/aromatic N) is 3. The Labute approximate surface area is 157 Å². The van der Waals surface area contributed by atoms with Crippen molar-refractivity contribution in [2.75, 3.05) is 13.1 Å². The van der Waals surface area contributed by atoms with Crippen molar-refractivity contribution in [1.82, 2.24) is 19.3 Å². The van der Waals surface area contributed by atoms with Gasteiger partial charge in [0.05, 0.1) is 21.0 Å².